The molecule has 4 heteroatoms. The molecule has 1 aromatic heterocycles. The lowest BCUT2D eigenvalue weighted by Crippen LogP contribution is -2.00. The van der Waals surface area contributed by atoms with Crippen LogP contribution in [0.5, 0.6) is 5.75 Å². The van der Waals surface area contributed by atoms with Gasteiger partial charge in [0.25, 0.3) is 0 Å². The topological polar surface area (TPSA) is 69.1 Å². The van der Waals surface area contributed by atoms with Gasteiger partial charge in [0, 0.05) is 27.6 Å². The van der Waals surface area contributed by atoms with Crippen LogP contribution in [0.1, 0.15) is 5.56 Å². The van der Waals surface area contributed by atoms with Crippen molar-refractivity contribution < 1.29 is 9.84 Å². The smallest absolute Gasteiger partial charge is 0.212 e. The van der Waals surface area contributed by atoms with E-state index in [2.05, 4.69) is 4.98 Å². The van der Waals surface area contributed by atoms with E-state index in [1.165, 1.54) is 7.11 Å². The second kappa shape index (κ2) is 6.41. The third-order valence-corrected chi connectivity index (χ3v) is 4.50. The fourth-order valence-electron chi connectivity index (χ4n) is 3.15. The van der Waals surface area contributed by atoms with Crippen LogP contribution in [0.25, 0.3) is 33.3 Å². The predicted octanol–water partition coefficient (Wildman–Crippen LogP) is 5.18. The van der Waals surface area contributed by atoms with Gasteiger partial charge in [0.2, 0.25) is 5.90 Å². The largest absolute Gasteiger partial charge is 0.507 e. The molecular weight excluding hydrogens is 324 g/mol. The normalized spacial score (nSPS) is 10.8. The molecule has 0 aliphatic rings. The molecule has 0 spiro atoms. The molecule has 4 rings (SSSR count). The summed E-state index contributed by atoms with van der Waals surface area (Å²) in [5.74, 6) is 0.374. The van der Waals surface area contributed by atoms with Crippen LogP contribution in [0.4, 0.5) is 0 Å². The van der Waals surface area contributed by atoms with Crippen LogP contribution in [0, 0.1) is 5.41 Å². The Labute approximate surface area is 151 Å². The highest BCUT2D eigenvalue weighted by atomic mass is 16.5. The summed E-state index contributed by atoms with van der Waals surface area (Å²) >= 11 is 0. The Morgan fingerprint density at radius 2 is 1.69 bits per heavy atom. The van der Waals surface area contributed by atoms with Gasteiger partial charge < -0.3 is 14.8 Å². The van der Waals surface area contributed by atoms with Gasteiger partial charge in [-0.3, -0.25) is 5.41 Å². The van der Waals surface area contributed by atoms with E-state index in [9.17, 15) is 5.11 Å². The number of phenolic OH excluding ortho intramolecular Hbond substituents is 1. The van der Waals surface area contributed by atoms with Gasteiger partial charge >= 0.3 is 0 Å². The number of phenols is 1. The van der Waals surface area contributed by atoms with Gasteiger partial charge in [-0.2, -0.15) is 0 Å². The highest BCUT2D eigenvalue weighted by molar-refractivity contribution is 5.97. The molecule has 0 unspecified atom stereocenters. The van der Waals surface area contributed by atoms with E-state index in [4.69, 9.17) is 10.1 Å². The molecule has 0 amide bonds. The summed E-state index contributed by atoms with van der Waals surface area (Å²) in [4.78, 5) is 3.34. The molecular formula is C22H18N2O2. The van der Waals surface area contributed by atoms with Crippen LogP contribution < -0.4 is 0 Å². The number of aromatic nitrogens is 1. The Balaban J connectivity index is 1.82. The second-order valence-electron chi connectivity index (χ2n) is 6.09. The van der Waals surface area contributed by atoms with Crippen LogP contribution in [-0.4, -0.2) is 23.1 Å². The highest BCUT2D eigenvalue weighted by Crippen LogP contribution is 2.38. The van der Waals surface area contributed by atoms with Crippen molar-refractivity contribution in [3.8, 4) is 28.1 Å². The maximum atomic E-state index is 10.8. The fraction of sp³-hybridized carbons (Fsp3) is 0.0455. The van der Waals surface area contributed by atoms with Gasteiger partial charge in [0.1, 0.15) is 5.75 Å². The molecule has 4 nitrogen and oxygen atoms in total. The van der Waals surface area contributed by atoms with E-state index in [-0.39, 0.29) is 11.6 Å². The third-order valence-electron chi connectivity index (χ3n) is 4.50. The Bertz CT molecular complexity index is 1100. The zero-order valence-corrected chi connectivity index (χ0v) is 14.3. The zero-order valence-electron chi connectivity index (χ0n) is 14.3. The molecule has 0 fully saturated rings. The molecule has 3 N–H and O–H groups in total. The summed E-state index contributed by atoms with van der Waals surface area (Å²) in [6, 6.07) is 23.2. The van der Waals surface area contributed by atoms with Crippen LogP contribution in [0.3, 0.4) is 0 Å². The standard InChI is InChI=1S/C22H18N2O2/c1-26-22(23)15-10-11-19-16(12-15)13-20(24-19)18-9-5-8-17(21(18)25)14-6-3-2-4-7-14/h2-13,23-25H,1H3. The van der Waals surface area contributed by atoms with Crippen molar-refractivity contribution in [2.24, 2.45) is 0 Å². The Hall–Kier alpha value is -3.53. The van der Waals surface area contributed by atoms with Crippen molar-refractivity contribution in [3.63, 3.8) is 0 Å². The number of rotatable bonds is 3. The van der Waals surface area contributed by atoms with Crippen molar-refractivity contribution in [1.29, 1.82) is 5.41 Å². The molecule has 26 heavy (non-hydrogen) atoms. The maximum Gasteiger partial charge on any atom is 0.212 e. The van der Waals surface area contributed by atoms with Gasteiger partial charge in [0.05, 0.1) is 12.8 Å². The predicted molar refractivity (Wildman–Crippen MR) is 105 cm³/mol. The van der Waals surface area contributed by atoms with Gasteiger partial charge in [-0.1, -0.05) is 42.5 Å². The summed E-state index contributed by atoms with van der Waals surface area (Å²) in [5.41, 5.74) is 5.00. The summed E-state index contributed by atoms with van der Waals surface area (Å²) in [6.07, 6.45) is 0. The first-order chi connectivity index (χ1) is 12.7. The molecule has 128 valence electrons. The Morgan fingerprint density at radius 3 is 2.46 bits per heavy atom. The molecule has 0 radical (unpaired) electrons. The number of methoxy groups -OCH3 is 1. The minimum atomic E-state index is 0.128. The minimum Gasteiger partial charge on any atom is -0.507 e. The summed E-state index contributed by atoms with van der Waals surface area (Å²) in [7, 11) is 1.49. The van der Waals surface area contributed by atoms with Crippen LogP contribution in [0.15, 0.2) is 72.8 Å². The van der Waals surface area contributed by atoms with Crippen molar-refractivity contribution in [2.75, 3.05) is 7.11 Å². The zero-order chi connectivity index (χ0) is 18.1. The quantitative estimate of drug-likeness (QED) is 0.355. The molecule has 0 bridgehead atoms. The van der Waals surface area contributed by atoms with Crippen LogP contribution in [-0.2, 0) is 4.74 Å². The molecule has 0 aliphatic carbocycles. The van der Waals surface area contributed by atoms with Gasteiger partial charge in [-0.25, -0.2) is 0 Å². The number of para-hydroxylation sites is 1. The number of benzene rings is 3. The number of aromatic amines is 1. The molecule has 0 aliphatic heterocycles. The van der Waals surface area contributed by atoms with Crippen molar-refractivity contribution >= 4 is 16.8 Å². The lowest BCUT2D eigenvalue weighted by atomic mass is 10.00. The summed E-state index contributed by atoms with van der Waals surface area (Å²) < 4.78 is 4.99. The minimum absolute atomic E-state index is 0.128. The monoisotopic (exact) mass is 342 g/mol. The summed E-state index contributed by atoms with van der Waals surface area (Å²) in [5, 5.41) is 19.6. The van der Waals surface area contributed by atoms with Crippen LogP contribution in [0.2, 0.25) is 0 Å². The average Bonchev–Trinajstić information content (AvgIpc) is 3.11. The molecule has 4 aromatic rings. The van der Waals surface area contributed by atoms with Crippen molar-refractivity contribution in [3.05, 3.63) is 78.4 Å². The highest BCUT2D eigenvalue weighted by Gasteiger charge is 2.13. The lowest BCUT2D eigenvalue weighted by Gasteiger charge is -2.09. The van der Waals surface area contributed by atoms with Crippen molar-refractivity contribution in [1.82, 2.24) is 4.98 Å². The van der Waals surface area contributed by atoms with E-state index in [1.807, 2.05) is 72.8 Å². The second-order valence-corrected chi connectivity index (χ2v) is 6.09. The van der Waals surface area contributed by atoms with E-state index >= 15 is 0 Å². The number of ether oxygens (including phenoxy) is 1. The third kappa shape index (κ3) is 2.71. The number of nitrogens with one attached hydrogen (secondary N) is 2. The molecule has 1 heterocycles. The van der Waals surface area contributed by atoms with E-state index in [1.54, 1.807) is 0 Å². The Morgan fingerprint density at radius 1 is 0.923 bits per heavy atom. The Kier molecular flexibility index (Phi) is 3.93. The molecule has 3 aromatic carbocycles. The number of aromatic hydroxyl groups is 1. The van der Waals surface area contributed by atoms with Gasteiger partial charge in [-0.05, 0) is 35.9 Å². The first-order valence-electron chi connectivity index (χ1n) is 8.31. The van der Waals surface area contributed by atoms with E-state index in [0.717, 1.165) is 33.3 Å². The molecule has 0 atom stereocenters. The number of H-pyrrole nitrogens is 1. The first kappa shape index (κ1) is 16.0. The maximum absolute atomic E-state index is 10.8. The first-order valence-corrected chi connectivity index (χ1v) is 8.31. The van der Waals surface area contributed by atoms with Crippen LogP contribution >= 0.6 is 0 Å². The van der Waals surface area contributed by atoms with E-state index < -0.39 is 0 Å². The van der Waals surface area contributed by atoms with Crippen molar-refractivity contribution in [2.45, 2.75) is 0 Å². The SMILES string of the molecule is COC(=N)c1ccc2[nH]c(-c3cccc(-c4ccccc4)c3O)cc2c1. The van der Waals surface area contributed by atoms with Gasteiger partial charge in [0.15, 0.2) is 0 Å². The lowest BCUT2D eigenvalue weighted by molar-refractivity contribution is 0.401. The molecule has 0 saturated heterocycles. The van der Waals surface area contributed by atoms with E-state index in [0.29, 0.717) is 5.56 Å². The molecule has 0 saturated carbocycles. The number of hydrogen-bond donors (Lipinski definition) is 3. The number of hydrogen-bond acceptors (Lipinski definition) is 3. The fourth-order valence-corrected chi connectivity index (χ4v) is 3.15. The van der Waals surface area contributed by atoms with Gasteiger partial charge in [-0.15, -0.1) is 0 Å². The number of fused-ring (bicyclic) bond motifs is 1. The average molecular weight is 342 g/mol. The summed E-state index contributed by atoms with van der Waals surface area (Å²) in [6.45, 7) is 0.